The highest BCUT2D eigenvalue weighted by Gasteiger charge is 2.09. The number of halogens is 1. The van der Waals surface area contributed by atoms with E-state index < -0.39 is 6.10 Å². The van der Waals surface area contributed by atoms with Crippen LogP contribution in [-0.4, -0.2) is 30.9 Å². The van der Waals surface area contributed by atoms with Gasteiger partial charge < -0.3 is 15.2 Å². The lowest BCUT2D eigenvalue weighted by atomic mass is 9.98. The summed E-state index contributed by atoms with van der Waals surface area (Å²) < 4.78 is 6.54. The first-order valence-electron chi connectivity index (χ1n) is 6.76. The average Bonchev–Trinajstić information content (AvgIpc) is 2.37. The molecule has 0 radical (unpaired) electrons. The Kier molecular flexibility index (Phi) is 7.42. The number of aliphatic hydroxyl groups excluding tert-OH is 1. The van der Waals surface area contributed by atoms with Crippen molar-refractivity contribution in [1.82, 2.24) is 5.32 Å². The maximum absolute atomic E-state index is 9.82. The number of rotatable bonds is 8. The van der Waals surface area contributed by atoms with Crippen LogP contribution in [0.3, 0.4) is 0 Å². The summed E-state index contributed by atoms with van der Waals surface area (Å²) in [6.07, 6.45) is -0.483. The minimum atomic E-state index is -0.483. The zero-order valence-corrected chi connectivity index (χ0v) is 13.5. The van der Waals surface area contributed by atoms with Gasteiger partial charge in [-0.25, -0.2) is 0 Å². The third kappa shape index (κ3) is 6.95. The fourth-order valence-electron chi connectivity index (χ4n) is 1.50. The van der Waals surface area contributed by atoms with Gasteiger partial charge in [0.05, 0.1) is 0 Å². The second-order valence-electron chi connectivity index (χ2n) is 5.30. The van der Waals surface area contributed by atoms with E-state index in [9.17, 15) is 5.11 Å². The second kappa shape index (κ2) is 8.56. The van der Waals surface area contributed by atoms with Crippen molar-refractivity contribution in [3.05, 3.63) is 28.7 Å². The fourth-order valence-corrected chi connectivity index (χ4v) is 1.76. The third-order valence-corrected chi connectivity index (χ3v) is 3.77. The van der Waals surface area contributed by atoms with Gasteiger partial charge >= 0.3 is 0 Å². The second-order valence-corrected chi connectivity index (χ2v) is 6.21. The van der Waals surface area contributed by atoms with Crippen LogP contribution in [0, 0.1) is 11.8 Å². The minimum Gasteiger partial charge on any atom is -0.491 e. The van der Waals surface area contributed by atoms with Crippen LogP contribution in [0.2, 0.25) is 0 Å². The van der Waals surface area contributed by atoms with Crippen molar-refractivity contribution in [2.24, 2.45) is 11.8 Å². The van der Waals surface area contributed by atoms with Crippen LogP contribution in [-0.2, 0) is 0 Å². The lowest BCUT2D eigenvalue weighted by Crippen LogP contribution is -2.34. The molecule has 0 aliphatic carbocycles. The Hall–Kier alpha value is -0.580. The van der Waals surface area contributed by atoms with Crippen molar-refractivity contribution in [2.45, 2.75) is 26.9 Å². The molecule has 0 saturated carbocycles. The minimum absolute atomic E-state index is 0.310. The molecule has 1 aromatic rings. The van der Waals surface area contributed by atoms with E-state index in [2.05, 4.69) is 42.0 Å². The Labute approximate surface area is 124 Å². The first kappa shape index (κ1) is 16.5. The summed E-state index contributed by atoms with van der Waals surface area (Å²) in [7, 11) is 0. The molecule has 3 nitrogen and oxygen atoms in total. The van der Waals surface area contributed by atoms with Crippen LogP contribution in [0.1, 0.15) is 20.8 Å². The molecule has 0 aromatic heterocycles. The Morgan fingerprint density at radius 3 is 2.37 bits per heavy atom. The summed E-state index contributed by atoms with van der Waals surface area (Å²) in [5.74, 6) is 2.04. The summed E-state index contributed by atoms with van der Waals surface area (Å²) in [6.45, 7) is 8.42. The Balaban J connectivity index is 2.17. The largest absolute Gasteiger partial charge is 0.491 e. The van der Waals surface area contributed by atoms with E-state index in [0.717, 1.165) is 16.8 Å². The number of benzene rings is 1. The van der Waals surface area contributed by atoms with Gasteiger partial charge in [-0.15, -0.1) is 0 Å². The SMILES string of the molecule is CC(C)C(C)CNCC(O)COc1ccc(Br)cc1. The summed E-state index contributed by atoms with van der Waals surface area (Å²) in [5.41, 5.74) is 0. The number of hydrogen-bond donors (Lipinski definition) is 2. The van der Waals surface area contributed by atoms with Crippen molar-refractivity contribution < 1.29 is 9.84 Å². The normalized spacial score (nSPS) is 14.4. The quantitative estimate of drug-likeness (QED) is 0.770. The highest BCUT2D eigenvalue weighted by Crippen LogP contribution is 2.16. The summed E-state index contributed by atoms with van der Waals surface area (Å²) in [6, 6.07) is 7.60. The van der Waals surface area contributed by atoms with Gasteiger partial charge in [-0.1, -0.05) is 36.7 Å². The van der Waals surface area contributed by atoms with Gasteiger partial charge in [0, 0.05) is 11.0 Å². The van der Waals surface area contributed by atoms with Crippen LogP contribution in [0.4, 0.5) is 0 Å². The van der Waals surface area contributed by atoms with Crippen molar-refractivity contribution >= 4 is 15.9 Å². The summed E-state index contributed by atoms with van der Waals surface area (Å²) in [4.78, 5) is 0. The molecular formula is C15H24BrNO2. The molecule has 2 unspecified atom stereocenters. The van der Waals surface area contributed by atoms with Crippen LogP contribution in [0.5, 0.6) is 5.75 Å². The highest BCUT2D eigenvalue weighted by atomic mass is 79.9. The fraction of sp³-hybridized carbons (Fsp3) is 0.600. The van der Waals surface area contributed by atoms with Crippen molar-refractivity contribution in [3.8, 4) is 5.75 Å². The maximum atomic E-state index is 9.82. The number of ether oxygens (including phenoxy) is 1. The molecule has 0 amide bonds. The van der Waals surface area contributed by atoms with Crippen LogP contribution >= 0.6 is 15.9 Å². The molecule has 19 heavy (non-hydrogen) atoms. The van der Waals surface area contributed by atoms with E-state index in [4.69, 9.17) is 4.74 Å². The Bertz CT molecular complexity index is 354. The molecule has 0 saturated heterocycles. The lowest BCUT2D eigenvalue weighted by Gasteiger charge is -2.18. The van der Waals surface area contributed by atoms with E-state index in [-0.39, 0.29) is 0 Å². The molecule has 0 heterocycles. The topological polar surface area (TPSA) is 41.5 Å². The molecule has 2 N–H and O–H groups in total. The van der Waals surface area contributed by atoms with Crippen molar-refractivity contribution in [2.75, 3.05) is 19.7 Å². The average molecular weight is 330 g/mol. The van der Waals surface area contributed by atoms with Crippen LogP contribution in [0.25, 0.3) is 0 Å². The van der Waals surface area contributed by atoms with Gasteiger partial charge in [0.15, 0.2) is 0 Å². The molecule has 0 spiro atoms. The lowest BCUT2D eigenvalue weighted by molar-refractivity contribution is 0.105. The molecule has 0 aliphatic rings. The first-order chi connectivity index (χ1) is 8.99. The molecule has 0 bridgehead atoms. The third-order valence-electron chi connectivity index (χ3n) is 3.24. The van der Waals surface area contributed by atoms with E-state index in [1.807, 2.05) is 24.3 Å². The smallest absolute Gasteiger partial charge is 0.119 e. The zero-order chi connectivity index (χ0) is 14.3. The molecular weight excluding hydrogens is 306 g/mol. The van der Waals surface area contributed by atoms with Crippen LogP contribution in [0.15, 0.2) is 28.7 Å². The first-order valence-corrected chi connectivity index (χ1v) is 7.55. The van der Waals surface area contributed by atoms with E-state index in [0.29, 0.717) is 25.0 Å². The van der Waals surface area contributed by atoms with Gasteiger partial charge in [-0.2, -0.15) is 0 Å². The standard InChI is InChI=1S/C15H24BrNO2/c1-11(2)12(3)8-17-9-14(18)10-19-15-6-4-13(16)5-7-15/h4-7,11-12,14,17-18H,8-10H2,1-3H3. The number of nitrogens with one attached hydrogen (secondary N) is 1. The molecule has 1 rings (SSSR count). The Morgan fingerprint density at radius 1 is 1.16 bits per heavy atom. The predicted molar refractivity (Wildman–Crippen MR) is 82.5 cm³/mol. The summed E-state index contributed by atoms with van der Waals surface area (Å²) >= 11 is 3.37. The van der Waals surface area contributed by atoms with E-state index >= 15 is 0 Å². The van der Waals surface area contributed by atoms with Gasteiger partial charge in [0.25, 0.3) is 0 Å². The monoisotopic (exact) mass is 329 g/mol. The molecule has 1 aromatic carbocycles. The van der Waals surface area contributed by atoms with E-state index in [1.165, 1.54) is 0 Å². The van der Waals surface area contributed by atoms with E-state index in [1.54, 1.807) is 0 Å². The predicted octanol–water partition coefficient (Wildman–Crippen LogP) is 3.07. The van der Waals surface area contributed by atoms with Crippen molar-refractivity contribution in [3.63, 3.8) is 0 Å². The molecule has 0 fully saturated rings. The zero-order valence-electron chi connectivity index (χ0n) is 11.9. The van der Waals surface area contributed by atoms with Crippen LogP contribution < -0.4 is 10.1 Å². The molecule has 0 aliphatic heterocycles. The highest BCUT2D eigenvalue weighted by molar-refractivity contribution is 9.10. The Morgan fingerprint density at radius 2 is 1.79 bits per heavy atom. The molecule has 4 heteroatoms. The van der Waals surface area contributed by atoms with Gasteiger partial charge in [0.1, 0.15) is 18.5 Å². The molecule has 108 valence electrons. The number of aliphatic hydroxyl groups is 1. The maximum Gasteiger partial charge on any atom is 0.119 e. The summed E-state index contributed by atoms with van der Waals surface area (Å²) in [5, 5.41) is 13.1. The van der Waals surface area contributed by atoms with Gasteiger partial charge in [0.2, 0.25) is 0 Å². The number of hydrogen-bond acceptors (Lipinski definition) is 3. The van der Waals surface area contributed by atoms with Crippen molar-refractivity contribution in [1.29, 1.82) is 0 Å². The van der Waals surface area contributed by atoms with Gasteiger partial charge in [-0.3, -0.25) is 0 Å². The molecule has 2 atom stereocenters. The van der Waals surface area contributed by atoms with Gasteiger partial charge in [-0.05, 0) is 42.6 Å².